The quantitative estimate of drug-likeness (QED) is 0.618. The van der Waals surface area contributed by atoms with Crippen molar-refractivity contribution in [2.24, 2.45) is 11.3 Å². The zero-order valence-electron chi connectivity index (χ0n) is 9.47. The summed E-state index contributed by atoms with van der Waals surface area (Å²) in [5.41, 5.74) is 0.869. The fraction of sp³-hybridized carbons (Fsp3) is 1.00. The Morgan fingerprint density at radius 2 is 1.71 bits per heavy atom. The van der Waals surface area contributed by atoms with E-state index in [-0.39, 0.29) is 0 Å². The van der Waals surface area contributed by atoms with Crippen molar-refractivity contribution in [3.63, 3.8) is 0 Å². The summed E-state index contributed by atoms with van der Waals surface area (Å²) in [5.74, 6) is 0.990. The van der Waals surface area contributed by atoms with E-state index in [1.165, 1.54) is 32.4 Å². The molecule has 0 amide bonds. The summed E-state index contributed by atoms with van der Waals surface area (Å²) in [6.07, 6.45) is 10.6. The fourth-order valence-electron chi connectivity index (χ4n) is 3.68. The SMILES string of the molecule is CC1CCN(C2CC3(CCC3)C2)CC1. The van der Waals surface area contributed by atoms with Gasteiger partial charge in [-0.2, -0.15) is 0 Å². The largest absolute Gasteiger partial charge is 0.300 e. The molecule has 3 fully saturated rings. The lowest BCUT2D eigenvalue weighted by atomic mass is 9.53. The van der Waals surface area contributed by atoms with Crippen LogP contribution in [0.25, 0.3) is 0 Å². The summed E-state index contributed by atoms with van der Waals surface area (Å²) < 4.78 is 0. The van der Waals surface area contributed by atoms with Crippen molar-refractivity contribution >= 4 is 0 Å². The number of nitrogens with zero attached hydrogens (tertiary/aromatic N) is 1. The van der Waals surface area contributed by atoms with E-state index >= 15 is 0 Å². The summed E-state index contributed by atoms with van der Waals surface area (Å²) in [7, 11) is 0. The van der Waals surface area contributed by atoms with E-state index in [4.69, 9.17) is 0 Å². The maximum atomic E-state index is 2.78. The van der Waals surface area contributed by atoms with Crippen molar-refractivity contribution in [2.75, 3.05) is 13.1 Å². The van der Waals surface area contributed by atoms with Crippen LogP contribution in [0, 0.1) is 11.3 Å². The molecule has 0 unspecified atom stereocenters. The highest BCUT2D eigenvalue weighted by molar-refractivity contribution is 5.03. The summed E-state index contributed by atoms with van der Waals surface area (Å²) in [6, 6.07) is 0.989. The highest BCUT2D eigenvalue weighted by Gasteiger charge is 2.49. The molecule has 0 aromatic heterocycles. The van der Waals surface area contributed by atoms with Crippen LogP contribution in [-0.4, -0.2) is 24.0 Å². The minimum atomic E-state index is 0.869. The van der Waals surface area contributed by atoms with Crippen molar-refractivity contribution in [3.05, 3.63) is 0 Å². The Bertz CT molecular complexity index is 203. The van der Waals surface area contributed by atoms with Gasteiger partial charge in [-0.05, 0) is 62.9 Å². The van der Waals surface area contributed by atoms with Crippen LogP contribution in [0.3, 0.4) is 0 Å². The monoisotopic (exact) mass is 193 g/mol. The van der Waals surface area contributed by atoms with Crippen LogP contribution < -0.4 is 0 Å². The van der Waals surface area contributed by atoms with Gasteiger partial charge in [0.05, 0.1) is 0 Å². The summed E-state index contributed by atoms with van der Waals surface area (Å²) in [4.78, 5) is 2.78. The zero-order valence-corrected chi connectivity index (χ0v) is 9.47. The lowest BCUT2D eigenvalue weighted by Crippen LogP contribution is -2.55. The van der Waals surface area contributed by atoms with Gasteiger partial charge < -0.3 is 4.90 Å². The Morgan fingerprint density at radius 3 is 2.21 bits per heavy atom. The van der Waals surface area contributed by atoms with Gasteiger partial charge >= 0.3 is 0 Å². The van der Waals surface area contributed by atoms with Gasteiger partial charge in [0, 0.05) is 6.04 Å². The van der Waals surface area contributed by atoms with E-state index in [1.807, 2.05) is 0 Å². The molecule has 0 bridgehead atoms. The third kappa shape index (κ3) is 1.41. The third-order valence-electron chi connectivity index (χ3n) is 5.09. The number of rotatable bonds is 1. The van der Waals surface area contributed by atoms with Crippen molar-refractivity contribution in [2.45, 2.75) is 57.9 Å². The van der Waals surface area contributed by atoms with Gasteiger partial charge in [-0.1, -0.05) is 13.3 Å². The van der Waals surface area contributed by atoms with Gasteiger partial charge in [-0.25, -0.2) is 0 Å². The van der Waals surface area contributed by atoms with Gasteiger partial charge in [0.25, 0.3) is 0 Å². The standard InChI is InChI=1S/C13H23N/c1-11-3-7-14(8-4-11)12-9-13(10-12)5-2-6-13/h11-12H,2-10H2,1H3. The highest BCUT2D eigenvalue weighted by atomic mass is 15.2. The van der Waals surface area contributed by atoms with Crippen molar-refractivity contribution in [3.8, 4) is 0 Å². The molecule has 2 saturated carbocycles. The lowest BCUT2D eigenvalue weighted by Gasteiger charge is -2.58. The Kier molecular flexibility index (Phi) is 2.12. The Balaban J connectivity index is 1.49. The molecule has 0 aromatic carbocycles. The normalized spacial score (nSPS) is 34.1. The van der Waals surface area contributed by atoms with Crippen LogP contribution in [0.1, 0.15) is 51.9 Å². The number of hydrogen-bond donors (Lipinski definition) is 0. The van der Waals surface area contributed by atoms with Crippen molar-refractivity contribution in [1.82, 2.24) is 4.90 Å². The summed E-state index contributed by atoms with van der Waals surface area (Å²) in [6.45, 7) is 5.19. The summed E-state index contributed by atoms with van der Waals surface area (Å²) in [5, 5.41) is 0. The highest BCUT2D eigenvalue weighted by Crippen LogP contribution is 2.57. The van der Waals surface area contributed by atoms with E-state index in [9.17, 15) is 0 Å². The predicted octanol–water partition coefficient (Wildman–Crippen LogP) is 3.05. The topological polar surface area (TPSA) is 3.24 Å². The van der Waals surface area contributed by atoms with Gasteiger partial charge in [-0.3, -0.25) is 0 Å². The first-order valence-corrected chi connectivity index (χ1v) is 6.52. The average molecular weight is 193 g/mol. The fourth-order valence-corrected chi connectivity index (χ4v) is 3.68. The molecule has 1 saturated heterocycles. The van der Waals surface area contributed by atoms with E-state index in [1.54, 1.807) is 25.7 Å². The van der Waals surface area contributed by atoms with E-state index in [2.05, 4.69) is 11.8 Å². The second-order valence-electron chi connectivity index (χ2n) is 6.13. The van der Waals surface area contributed by atoms with E-state index in [0.29, 0.717) is 0 Å². The van der Waals surface area contributed by atoms with Crippen LogP contribution in [0.2, 0.25) is 0 Å². The smallest absolute Gasteiger partial charge is 0.0106 e. The Labute approximate surface area is 87.9 Å². The molecule has 1 heterocycles. The van der Waals surface area contributed by atoms with Crippen molar-refractivity contribution in [1.29, 1.82) is 0 Å². The second-order valence-corrected chi connectivity index (χ2v) is 6.13. The molecular formula is C13H23N. The average Bonchev–Trinajstić information content (AvgIpc) is 2.03. The molecule has 3 aliphatic rings. The maximum Gasteiger partial charge on any atom is 0.0106 e. The van der Waals surface area contributed by atoms with Crippen molar-refractivity contribution < 1.29 is 0 Å². The molecule has 0 atom stereocenters. The van der Waals surface area contributed by atoms with Crippen LogP contribution in [0.15, 0.2) is 0 Å². The molecular weight excluding hydrogens is 170 g/mol. The third-order valence-corrected chi connectivity index (χ3v) is 5.09. The minimum Gasteiger partial charge on any atom is -0.300 e. The van der Waals surface area contributed by atoms with Crippen LogP contribution >= 0.6 is 0 Å². The molecule has 1 aliphatic heterocycles. The molecule has 0 N–H and O–H groups in total. The summed E-state index contributed by atoms with van der Waals surface area (Å²) >= 11 is 0. The Morgan fingerprint density at radius 1 is 1.07 bits per heavy atom. The number of likely N-dealkylation sites (tertiary alicyclic amines) is 1. The molecule has 2 aliphatic carbocycles. The molecule has 1 nitrogen and oxygen atoms in total. The van der Waals surface area contributed by atoms with Crippen LogP contribution in [-0.2, 0) is 0 Å². The van der Waals surface area contributed by atoms with Gasteiger partial charge in [-0.15, -0.1) is 0 Å². The van der Waals surface area contributed by atoms with Crippen LogP contribution in [0.5, 0.6) is 0 Å². The predicted molar refractivity (Wildman–Crippen MR) is 59.3 cm³/mol. The first-order valence-electron chi connectivity index (χ1n) is 6.52. The van der Waals surface area contributed by atoms with Crippen LogP contribution in [0.4, 0.5) is 0 Å². The van der Waals surface area contributed by atoms with Gasteiger partial charge in [0.15, 0.2) is 0 Å². The zero-order chi connectivity index (χ0) is 9.60. The molecule has 14 heavy (non-hydrogen) atoms. The molecule has 3 rings (SSSR count). The molecule has 80 valence electrons. The number of piperidine rings is 1. The van der Waals surface area contributed by atoms with Gasteiger partial charge in [0.2, 0.25) is 0 Å². The van der Waals surface area contributed by atoms with E-state index in [0.717, 1.165) is 17.4 Å². The Hall–Kier alpha value is -0.0400. The molecule has 0 radical (unpaired) electrons. The maximum absolute atomic E-state index is 2.78. The second kappa shape index (κ2) is 3.23. The molecule has 0 aromatic rings. The molecule has 1 spiro atoms. The van der Waals surface area contributed by atoms with E-state index < -0.39 is 0 Å². The number of hydrogen-bond acceptors (Lipinski definition) is 1. The first kappa shape index (κ1) is 9.21. The van der Waals surface area contributed by atoms with Gasteiger partial charge in [0.1, 0.15) is 0 Å². The first-order chi connectivity index (χ1) is 6.77. The minimum absolute atomic E-state index is 0.869. The lowest BCUT2D eigenvalue weighted by molar-refractivity contribution is -0.0629. The molecule has 1 heteroatoms.